The molecular weight excluding hydrogens is 438 g/mol. The molecule has 1 fully saturated rings. The maximum atomic E-state index is 13.1. The van der Waals surface area contributed by atoms with Crippen molar-refractivity contribution < 1.29 is 9.32 Å². The predicted molar refractivity (Wildman–Crippen MR) is 126 cm³/mol. The van der Waals surface area contributed by atoms with Crippen LogP contribution in [0.2, 0.25) is 5.02 Å². The van der Waals surface area contributed by atoms with E-state index in [4.69, 9.17) is 21.2 Å². The molecule has 33 heavy (non-hydrogen) atoms. The van der Waals surface area contributed by atoms with Crippen LogP contribution >= 0.6 is 11.6 Å². The number of aromatic nitrogens is 4. The quantitative estimate of drug-likeness (QED) is 0.403. The smallest absolute Gasteiger partial charge is 0.257 e. The summed E-state index contributed by atoms with van der Waals surface area (Å²) in [5, 5.41) is 12.4. The summed E-state index contributed by atoms with van der Waals surface area (Å²) < 4.78 is 7.45. The van der Waals surface area contributed by atoms with Gasteiger partial charge in [0.05, 0.1) is 29.0 Å². The van der Waals surface area contributed by atoms with Crippen LogP contribution in [0.5, 0.6) is 0 Å². The number of aryl methyl sites for hydroxylation is 1. The van der Waals surface area contributed by atoms with E-state index in [1.54, 1.807) is 25.4 Å². The first-order chi connectivity index (χ1) is 16.1. The average Bonchev–Trinajstić information content (AvgIpc) is 3.58. The molecule has 0 radical (unpaired) electrons. The summed E-state index contributed by atoms with van der Waals surface area (Å²) in [5.74, 6) is 0.168. The molecule has 3 aromatic heterocycles. The predicted octanol–water partition coefficient (Wildman–Crippen LogP) is 5.61. The van der Waals surface area contributed by atoms with Crippen molar-refractivity contribution in [1.82, 2.24) is 25.2 Å². The van der Waals surface area contributed by atoms with Crippen LogP contribution in [0.15, 0.2) is 59.4 Å². The van der Waals surface area contributed by atoms with Crippen LogP contribution in [-0.4, -0.2) is 25.8 Å². The van der Waals surface area contributed by atoms with Gasteiger partial charge in [-0.25, -0.2) is 0 Å². The zero-order valence-electron chi connectivity index (χ0n) is 18.3. The van der Waals surface area contributed by atoms with E-state index in [9.17, 15) is 4.79 Å². The van der Waals surface area contributed by atoms with Gasteiger partial charge in [0, 0.05) is 23.5 Å². The topological polar surface area (TPSA) is 85.8 Å². The normalized spacial score (nSPS) is 14.0. The number of carbonyl (C=O) groups excluding carboxylic acids is 1. The number of benzene rings is 1. The minimum absolute atomic E-state index is 0.274. The van der Waals surface area contributed by atoms with E-state index in [0.717, 1.165) is 29.8 Å². The average molecular weight is 462 g/mol. The lowest BCUT2D eigenvalue weighted by Crippen LogP contribution is -2.24. The number of hydrogen-bond acceptors (Lipinski definition) is 5. The van der Waals surface area contributed by atoms with Crippen molar-refractivity contribution >= 4 is 17.5 Å². The number of nitrogens with one attached hydrogen (secondary N) is 1. The van der Waals surface area contributed by atoms with Crippen molar-refractivity contribution in [2.24, 2.45) is 0 Å². The van der Waals surface area contributed by atoms with Crippen LogP contribution in [-0.2, 0) is 6.54 Å². The number of halogens is 1. The first kappa shape index (κ1) is 21.4. The molecule has 0 atom stereocenters. The summed E-state index contributed by atoms with van der Waals surface area (Å²) in [6.45, 7) is 2.02. The molecule has 1 aliphatic rings. The Hall–Kier alpha value is -3.45. The van der Waals surface area contributed by atoms with Crippen molar-refractivity contribution in [3.05, 3.63) is 76.9 Å². The van der Waals surface area contributed by atoms with Crippen molar-refractivity contribution in [2.45, 2.75) is 45.2 Å². The number of carbonyl (C=O) groups is 1. The first-order valence-corrected chi connectivity index (χ1v) is 11.5. The third-order valence-corrected chi connectivity index (χ3v) is 6.41. The van der Waals surface area contributed by atoms with E-state index in [1.807, 2.05) is 36.4 Å². The van der Waals surface area contributed by atoms with Crippen LogP contribution in [0.4, 0.5) is 0 Å². The summed E-state index contributed by atoms with van der Waals surface area (Å²) in [7, 11) is 0. The zero-order chi connectivity index (χ0) is 22.8. The van der Waals surface area contributed by atoms with E-state index in [1.165, 1.54) is 12.8 Å². The Morgan fingerprint density at radius 2 is 1.94 bits per heavy atom. The maximum absolute atomic E-state index is 13.1. The second-order valence-corrected chi connectivity index (χ2v) is 8.67. The van der Waals surface area contributed by atoms with Crippen LogP contribution < -0.4 is 5.32 Å². The fourth-order valence-corrected chi connectivity index (χ4v) is 4.66. The van der Waals surface area contributed by atoms with E-state index < -0.39 is 0 Å². The highest BCUT2D eigenvalue weighted by Crippen LogP contribution is 2.34. The Bertz CT molecular complexity index is 1280. The largest absolute Gasteiger partial charge is 0.360 e. The molecule has 7 nitrogen and oxygen atoms in total. The van der Waals surface area contributed by atoms with Gasteiger partial charge in [0.25, 0.3) is 5.91 Å². The van der Waals surface area contributed by atoms with Gasteiger partial charge in [0.2, 0.25) is 0 Å². The van der Waals surface area contributed by atoms with Gasteiger partial charge >= 0.3 is 0 Å². The minimum atomic E-state index is -0.274. The Kier molecular flexibility index (Phi) is 5.96. The molecule has 5 rings (SSSR count). The van der Waals surface area contributed by atoms with Crippen molar-refractivity contribution in [3.63, 3.8) is 0 Å². The van der Waals surface area contributed by atoms with Gasteiger partial charge in [-0.15, -0.1) is 0 Å². The number of pyridine rings is 1. The SMILES string of the molecule is Cc1onc(-c2ccccc2Cl)c1C(=O)NCc1cc(-c2ccncc2)n(C2CCCC2)n1. The second kappa shape index (κ2) is 9.19. The number of rotatable bonds is 6. The van der Waals surface area contributed by atoms with Crippen LogP contribution in [0.1, 0.15) is 53.5 Å². The van der Waals surface area contributed by atoms with Crippen LogP contribution in [0.3, 0.4) is 0 Å². The lowest BCUT2D eigenvalue weighted by Gasteiger charge is -2.14. The molecule has 0 bridgehead atoms. The van der Waals surface area contributed by atoms with Gasteiger partial charge < -0.3 is 9.84 Å². The van der Waals surface area contributed by atoms with Crippen LogP contribution in [0.25, 0.3) is 22.5 Å². The minimum Gasteiger partial charge on any atom is -0.360 e. The summed E-state index contributed by atoms with van der Waals surface area (Å²) >= 11 is 6.33. The Morgan fingerprint density at radius 1 is 1.18 bits per heavy atom. The van der Waals surface area contributed by atoms with E-state index in [-0.39, 0.29) is 5.91 Å². The number of nitrogens with zero attached hydrogens (tertiary/aromatic N) is 4. The van der Waals surface area contributed by atoms with E-state index in [0.29, 0.717) is 40.2 Å². The van der Waals surface area contributed by atoms with E-state index in [2.05, 4.69) is 20.1 Å². The number of amides is 1. The van der Waals surface area contributed by atoms with Crippen molar-refractivity contribution in [1.29, 1.82) is 0 Å². The van der Waals surface area contributed by atoms with Gasteiger partial charge in [-0.3, -0.25) is 14.5 Å². The summed E-state index contributed by atoms with van der Waals surface area (Å²) in [6, 6.07) is 13.7. The molecule has 3 heterocycles. The Labute approximate surface area is 196 Å². The lowest BCUT2D eigenvalue weighted by atomic mass is 10.1. The molecule has 1 aromatic carbocycles. The van der Waals surface area contributed by atoms with Crippen LogP contribution in [0, 0.1) is 6.92 Å². The molecular formula is C25H24ClN5O2. The summed E-state index contributed by atoms with van der Waals surface area (Å²) in [5.41, 5.74) is 4.39. The molecule has 0 saturated heterocycles. The highest BCUT2D eigenvalue weighted by atomic mass is 35.5. The molecule has 1 aliphatic carbocycles. The Balaban J connectivity index is 1.40. The molecule has 4 aromatic rings. The van der Waals surface area contributed by atoms with Gasteiger partial charge in [0.1, 0.15) is 17.0 Å². The van der Waals surface area contributed by atoms with Crippen molar-refractivity contribution in [3.8, 4) is 22.5 Å². The summed E-state index contributed by atoms with van der Waals surface area (Å²) in [6.07, 6.45) is 8.23. The second-order valence-electron chi connectivity index (χ2n) is 8.26. The molecule has 0 spiro atoms. The summed E-state index contributed by atoms with van der Waals surface area (Å²) in [4.78, 5) is 17.3. The molecule has 0 unspecified atom stereocenters. The zero-order valence-corrected chi connectivity index (χ0v) is 19.0. The van der Waals surface area contributed by atoms with Gasteiger partial charge in [-0.05, 0) is 44.0 Å². The highest BCUT2D eigenvalue weighted by molar-refractivity contribution is 6.33. The van der Waals surface area contributed by atoms with Gasteiger partial charge in [-0.2, -0.15) is 5.10 Å². The molecule has 0 aliphatic heterocycles. The standard InChI is InChI=1S/C25H24ClN5O2/c1-16-23(24(30-33-16)20-8-4-5-9-21(20)26)25(32)28-15-18-14-22(17-10-12-27-13-11-17)31(29-18)19-6-2-3-7-19/h4-5,8-14,19H,2-3,6-7,15H2,1H3,(H,28,32). The number of hydrogen-bond donors (Lipinski definition) is 1. The van der Waals surface area contributed by atoms with E-state index >= 15 is 0 Å². The van der Waals surface area contributed by atoms with Gasteiger partial charge in [-0.1, -0.05) is 47.8 Å². The fourth-order valence-electron chi connectivity index (χ4n) is 4.43. The first-order valence-electron chi connectivity index (χ1n) is 11.1. The van der Waals surface area contributed by atoms with Gasteiger partial charge in [0.15, 0.2) is 0 Å². The Morgan fingerprint density at radius 3 is 2.70 bits per heavy atom. The molecule has 1 N–H and O–H groups in total. The molecule has 1 amide bonds. The lowest BCUT2D eigenvalue weighted by molar-refractivity contribution is 0.0949. The van der Waals surface area contributed by atoms with Crippen molar-refractivity contribution in [2.75, 3.05) is 0 Å². The molecule has 168 valence electrons. The highest BCUT2D eigenvalue weighted by Gasteiger charge is 2.25. The fraction of sp³-hybridized carbons (Fsp3) is 0.280. The third-order valence-electron chi connectivity index (χ3n) is 6.08. The third kappa shape index (κ3) is 4.28. The molecule has 8 heteroatoms. The maximum Gasteiger partial charge on any atom is 0.257 e. The monoisotopic (exact) mass is 461 g/mol. The molecule has 1 saturated carbocycles.